The number of alkyl halides is 3. The van der Waals surface area contributed by atoms with Gasteiger partial charge in [-0.3, -0.25) is 0 Å². The third-order valence-corrected chi connectivity index (χ3v) is 3.89. The standard InChI is InChI=1S/C11H16F3N3S/c1-7(2)9-8-6-16(18-3)4-5-17(8)10(15-9)11(12,13)14/h7H,4-6H2,1-3H3. The third-order valence-electron chi connectivity index (χ3n) is 3.06. The van der Waals surface area contributed by atoms with Crippen molar-refractivity contribution in [1.82, 2.24) is 13.9 Å². The molecule has 0 amide bonds. The SMILES string of the molecule is CSN1CCn2c(C(F)(F)F)nc(C(C)C)c2C1. The lowest BCUT2D eigenvalue weighted by Gasteiger charge is -2.27. The van der Waals surface area contributed by atoms with Crippen LogP contribution in [-0.2, 0) is 19.3 Å². The Morgan fingerprint density at radius 3 is 2.44 bits per heavy atom. The molecule has 1 aromatic rings. The molecule has 0 aromatic carbocycles. The number of rotatable bonds is 2. The molecule has 0 unspecified atom stereocenters. The molecule has 18 heavy (non-hydrogen) atoms. The number of aromatic nitrogens is 2. The van der Waals surface area contributed by atoms with Crippen LogP contribution in [0.25, 0.3) is 0 Å². The minimum atomic E-state index is -4.37. The molecule has 0 saturated carbocycles. The highest BCUT2D eigenvalue weighted by Gasteiger charge is 2.40. The van der Waals surface area contributed by atoms with Crippen molar-refractivity contribution in [2.75, 3.05) is 12.8 Å². The van der Waals surface area contributed by atoms with Crippen LogP contribution in [0.4, 0.5) is 13.2 Å². The molecule has 1 aliphatic rings. The van der Waals surface area contributed by atoms with E-state index in [0.29, 0.717) is 31.0 Å². The normalized spacial score (nSPS) is 17.3. The van der Waals surface area contributed by atoms with Gasteiger partial charge in [-0.15, -0.1) is 0 Å². The molecular weight excluding hydrogens is 263 g/mol. The summed E-state index contributed by atoms with van der Waals surface area (Å²) in [6.45, 7) is 5.25. The van der Waals surface area contributed by atoms with Crippen LogP contribution in [-0.4, -0.2) is 26.7 Å². The first kappa shape index (κ1) is 13.7. The van der Waals surface area contributed by atoms with E-state index < -0.39 is 12.0 Å². The lowest BCUT2D eigenvalue weighted by atomic mass is 10.1. The number of halogens is 3. The van der Waals surface area contributed by atoms with Crippen LogP contribution >= 0.6 is 11.9 Å². The van der Waals surface area contributed by atoms with Crippen molar-refractivity contribution in [3.8, 4) is 0 Å². The second-order valence-electron chi connectivity index (χ2n) is 4.62. The van der Waals surface area contributed by atoms with E-state index in [4.69, 9.17) is 0 Å². The van der Waals surface area contributed by atoms with Gasteiger partial charge in [-0.05, 0) is 12.2 Å². The van der Waals surface area contributed by atoms with Crippen molar-refractivity contribution in [1.29, 1.82) is 0 Å². The van der Waals surface area contributed by atoms with Gasteiger partial charge in [0.05, 0.1) is 17.9 Å². The molecule has 0 saturated heterocycles. The highest BCUT2D eigenvalue weighted by Crippen LogP contribution is 2.35. The molecule has 2 rings (SSSR count). The molecular formula is C11H16F3N3S. The van der Waals surface area contributed by atoms with Crippen LogP contribution in [0, 0.1) is 0 Å². The predicted octanol–water partition coefficient (Wildman–Crippen LogP) is 3.12. The first-order valence-corrected chi connectivity index (χ1v) is 6.98. The molecule has 0 spiro atoms. The fourth-order valence-corrected chi connectivity index (χ4v) is 2.72. The Balaban J connectivity index is 2.49. The minimum absolute atomic E-state index is 0.00385. The predicted molar refractivity (Wildman–Crippen MR) is 65.2 cm³/mol. The molecule has 102 valence electrons. The molecule has 0 bridgehead atoms. The lowest BCUT2D eigenvalue weighted by Crippen LogP contribution is -2.31. The lowest BCUT2D eigenvalue weighted by molar-refractivity contribution is -0.147. The van der Waals surface area contributed by atoms with E-state index in [9.17, 15) is 13.2 Å². The van der Waals surface area contributed by atoms with E-state index in [-0.39, 0.29) is 5.92 Å². The van der Waals surface area contributed by atoms with E-state index >= 15 is 0 Å². The van der Waals surface area contributed by atoms with Crippen molar-refractivity contribution >= 4 is 11.9 Å². The van der Waals surface area contributed by atoms with Crippen molar-refractivity contribution in [2.45, 2.75) is 39.0 Å². The molecule has 7 heteroatoms. The molecule has 0 N–H and O–H groups in total. The molecule has 2 heterocycles. The fraction of sp³-hybridized carbons (Fsp3) is 0.727. The first-order valence-electron chi connectivity index (χ1n) is 5.80. The van der Waals surface area contributed by atoms with Crippen LogP contribution in [0.5, 0.6) is 0 Å². The monoisotopic (exact) mass is 279 g/mol. The topological polar surface area (TPSA) is 21.1 Å². The molecule has 3 nitrogen and oxygen atoms in total. The van der Waals surface area contributed by atoms with Crippen molar-refractivity contribution < 1.29 is 13.2 Å². The van der Waals surface area contributed by atoms with Gasteiger partial charge in [0.15, 0.2) is 0 Å². The van der Waals surface area contributed by atoms with E-state index in [1.165, 1.54) is 4.57 Å². The fourth-order valence-electron chi connectivity index (χ4n) is 2.20. The van der Waals surface area contributed by atoms with Crippen LogP contribution in [0.1, 0.15) is 37.0 Å². The number of hydrogen-bond donors (Lipinski definition) is 0. The summed E-state index contributed by atoms with van der Waals surface area (Å²) in [6, 6.07) is 0. The van der Waals surface area contributed by atoms with Crippen LogP contribution in [0.2, 0.25) is 0 Å². The Bertz CT molecular complexity index is 439. The summed E-state index contributed by atoms with van der Waals surface area (Å²) in [7, 11) is 0. The summed E-state index contributed by atoms with van der Waals surface area (Å²) in [5, 5.41) is 0. The zero-order valence-electron chi connectivity index (χ0n) is 10.6. The van der Waals surface area contributed by atoms with Gasteiger partial charge < -0.3 is 4.57 Å². The molecule has 0 aliphatic carbocycles. The highest BCUT2D eigenvalue weighted by atomic mass is 32.2. The summed E-state index contributed by atoms with van der Waals surface area (Å²) in [4.78, 5) is 3.83. The van der Waals surface area contributed by atoms with Crippen LogP contribution in [0.3, 0.4) is 0 Å². The van der Waals surface area contributed by atoms with E-state index in [0.717, 1.165) is 0 Å². The maximum absolute atomic E-state index is 12.9. The maximum Gasteiger partial charge on any atom is 0.449 e. The summed E-state index contributed by atoms with van der Waals surface area (Å²) in [5.41, 5.74) is 1.28. The van der Waals surface area contributed by atoms with Crippen molar-refractivity contribution in [3.63, 3.8) is 0 Å². The van der Waals surface area contributed by atoms with Gasteiger partial charge in [0.2, 0.25) is 5.82 Å². The zero-order chi connectivity index (χ0) is 13.5. The Kier molecular flexibility index (Phi) is 3.64. The van der Waals surface area contributed by atoms with E-state index in [2.05, 4.69) is 9.29 Å². The van der Waals surface area contributed by atoms with Gasteiger partial charge in [0, 0.05) is 13.1 Å². The number of imidazole rings is 1. The van der Waals surface area contributed by atoms with Gasteiger partial charge in [-0.2, -0.15) is 13.2 Å². The van der Waals surface area contributed by atoms with Gasteiger partial charge in [-0.25, -0.2) is 9.29 Å². The molecule has 1 aromatic heterocycles. The average Bonchev–Trinajstić information content (AvgIpc) is 2.66. The highest BCUT2D eigenvalue weighted by molar-refractivity contribution is 7.96. The number of nitrogens with zero attached hydrogens (tertiary/aromatic N) is 3. The van der Waals surface area contributed by atoms with Gasteiger partial charge >= 0.3 is 6.18 Å². The largest absolute Gasteiger partial charge is 0.449 e. The number of hydrogen-bond acceptors (Lipinski definition) is 3. The third kappa shape index (κ3) is 2.38. The minimum Gasteiger partial charge on any atom is -0.322 e. The van der Waals surface area contributed by atoms with Crippen LogP contribution in [0.15, 0.2) is 0 Å². The summed E-state index contributed by atoms with van der Waals surface area (Å²) in [6.07, 6.45) is -2.44. The Hall–Kier alpha value is -0.690. The van der Waals surface area contributed by atoms with Gasteiger partial charge in [0.25, 0.3) is 0 Å². The van der Waals surface area contributed by atoms with Gasteiger partial charge in [0.1, 0.15) is 0 Å². The Morgan fingerprint density at radius 2 is 1.94 bits per heavy atom. The van der Waals surface area contributed by atoms with Crippen molar-refractivity contribution in [3.05, 3.63) is 17.2 Å². The van der Waals surface area contributed by atoms with Crippen LogP contribution < -0.4 is 0 Å². The molecule has 0 fully saturated rings. The second-order valence-corrected chi connectivity index (χ2v) is 5.50. The Labute approximate surface area is 108 Å². The summed E-state index contributed by atoms with van der Waals surface area (Å²) in [5.74, 6) is -0.744. The van der Waals surface area contributed by atoms with E-state index in [1.54, 1.807) is 11.9 Å². The van der Waals surface area contributed by atoms with E-state index in [1.807, 2.05) is 20.1 Å². The second kappa shape index (κ2) is 4.77. The number of fused-ring (bicyclic) bond motifs is 1. The van der Waals surface area contributed by atoms with Gasteiger partial charge in [-0.1, -0.05) is 25.8 Å². The maximum atomic E-state index is 12.9. The first-order chi connectivity index (χ1) is 8.34. The average molecular weight is 279 g/mol. The Morgan fingerprint density at radius 1 is 1.28 bits per heavy atom. The van der Waals surface area contributed by atoms with Crippen molar-refractivity contribution in [2.24, 2.45) is 0 Å². The molecule has 0 atom stereocenters. The summed E-state index contributed by atoms with van der Waals surface area (Å²) < 4.78 is 42.2. The smallest absolute Gasteiger partial charge is 0.322 e. The summed E-state index contributed by atoms with van der Waals surface area (Å²) >= 11 is 1.56. The zero-order valence-corrected chi connectivity index (χ0v) is 11.4. The molecule has 0 radical (unpaired) electrons. The molecule has 1 aliphatic heterocycles. The quantitative estimate of drug-likeness (QED) is 0.776.